The summed E-state index contributed by atoms with van der Waals surface area (Å²) in [7, 11) is 1.44. The minimum atomic E-state index is -0.406. The molecule has 0 aliphatic heterocycles. The van der Waals surface area contributed by atoms with Gasteiger partial charge >= 0.3 is 0 Å². The van der Waals surface area contributed by atoms with E-state index in [4.69, 9.17) is 4.74 Å². The highest BCUT2D eigenvalue weighted by atomic mass is 19.1. The molecule has 2 heterocycles. The molecule has 0 spiro atoms. The number of ether oxygens (including phenoxy) is 1. The first kappa shape index (κ1) is 15.2. The van der Waals surface area contributed by atoms with Gasteiger partial charge in [-0.15, -0.1) is 0 Å². The minimum Gasteiger partial charge on any atom is -0.508 e. The summed E-state index contributed by atoms with van der Waals surface area (Å²) in [6.45, 7) is 0. The molecule has 0 bridgehead atoms. The van der Waals surface area contributed by atoms with Crippen LogP contribution < -0.4 is 4.74 Å². The molecular formula is C20H15FN2O2. The number of aromatic nitrogens is 2. The van der Waals surface area contributed by atoms with E-state index in [9.17, 15) is 9.50 Å². The molecule has 0 amide bonds. The Hall–Kier alpha value is -3.34. The molecule has 0 unspecified atom stereocenters. The lowest BCUT2D eigenvalue weighted by atomic mass is 10.0. The molecular weight excluding hydrogens is 319 g/mol. The molecule has 4 aromatic rings. The summed E-state index contributed by atoms with van der Waals surface area (Å²) in [5, 5.41) is 10.3. The van der Waals surface area contributed by atoms with Crippen LogP contribution in [0.1, 0.15) is 0 Å². The van der Waals surface area contributed by atoms with Gasteiger partial charge in [-0.05, 0) is 41.5 Å². The van der Waals surface area contributed by atoms with Crippen molar-refractivity contribution in [3.63, 3.8) is 0 Å². The number of pyridine rings is 1. The zero-order chi connectivity index (χ0) is 17.4. The van der Waals surface area contributed by atoms with E-state index in [-0.39, 0.29) is 11.5 Å². The SMILES string of the molecule is COc1ccc(-c2c[nH]c3ncc(-c4ccc(O)cc4)cc23)cc1F. The Labute approximate surface area is 143 Å². The Morgan fingerprint density at radius 3 is 2.48 bits per heavy atom. The van der Waals surface area contributed by atoms with Crippen LogP contribution in [-0.4, -0.2) is 22.2 Å². The van der Waals surface area contributed by atoms with E-state index in [0.717, 1.165) is 33.3 Å². The van der Waals surface area contributed by atoms with Crippen LogP contribution in [0.5, 0.6) is 11.5 Å². The molecule has 2 aromatic heterocycles. The number of hydrogen-bond acceptors (Lipinski definition) is 3. The lowest BCUT2D eigenvalue weighted by Crippen LogP contribution is -1.88. The molecule has 0 fully saturated rings. The Kier molecular flexibility index (Phi) is 3.61. The third-order valence-electron chi connectivity index (χ3n) is 4.19. The van der Waals surface area contributed by atoms with Crippen LogP contribution in [0.25, 0.3) is 33.3 Å². The van der Waals surface area contributed by atoms with Gasteiger partial charge in [-0.2, -0.15) is 0 Å². The van der Waals surface area contributed by atoms with Crippen LogP contribution in [0.3, 0.4) is 0 Å². The first-order valence-corrected chi connectivity index (χ1v) is 7.76. The van der Waals surface area contributed by atoms with Gasteiger partial charge in [0.25, 0.3) is 0 Å². The van der Waals surface area contributed by atoms with Crippen LogP contribution in [0.2, 0.25) is 0 Å². The Morgan fingerprint density at radius 2 is 1.76 bits per heavy atom. The predicted molar refractivity (Wildman–Crippen MR) is 95.1 cm³/mol. The van der Waals surface area contributed by atoms with Crippen LogP contribution in [0.4, 0.5) is 4.39 Å². The number of H-pyrrole nitrogens is 1. The van der Waals surface area contributed by atoms with Crippen LogP contribution in [0.15, 0.2) is 60.9 Å². The average molecular weight is 334 g/mol. The molecule has 0 radical (unpaired) electrons. The number of rotatable bonds is 3. The number of aromatic amines is 1. The number of nitrogens with one attached hydrogen (secondary N) is 1. The van der Waals surface area contributed by atoms with E-state index in [1.54, 1.807) is 24.4 Å². The molecule has 5 heteroatoms. The smallest absolute Gasteiger partial charge is 0.165 e. The summed E-state index contributed by atoms with van der Waals surface area (Å²) >= 11 is 0. The van der Waals surface area contributed by atoms with E-state index in [1.807, 2.05) is 30.5 Å². The molecule has 2 aromatic carbocycles. The maximum Gasteiger partial charge on any atom is 0.165 e. The van der Waals surface area contributed by atoms with Crippen molar-refractivity contribution in [2.75, 3.05) is 7.11 Å². The fraction of sp³-hybridized carbons (Fsp3) is 0.0500. The van der Waals surface area contributed by atoms with E-state index in [0.29, 0.717) is 0 Å². The fourth-order valence-electron chi connectivity index (χ4n) is 2.89. The Morgan fingerprint density at radius 1 is 1.00 bits per heavy atom. The zero-order valence-corrected chi connectivity index (χ0v) is 13.5. The van der Waals surface area contributed by atoms with Crippen LogP contribution in [-0.2, 0) is 0 Å². The number of phenolic OH excluding ortho intramolecular Hbond substituents is 1. The number of benzene rings is 2. The van der Waals surface area contributed by atoms with Gasteiger partial charge in [0.05, 0.1) is 7.11 Å². The quantitative estimate of drug-likeness (QED) is 0.568. The second-order valence-corrected chi connectivity index (χ2v) is 5.72. The molecule has 0 atom stereocenters. The second-order valence-electron chi connectivity index (χ2n) is 5.72. The molecule has 2 N–H and O–H groups in total. The predicted octanol–water partition coefficient (Wildman–Crippen LogP) is 4.75. The zero-order valence-electron chi connectivity index (χ0n) is 13.5. The van der Waals surface area contributed by atoms with E-state index in [1.165, 1.54) is 13.2 Å². The number of halogens is 1. The maximum atomic E-state index is 14.0. The Balaban J connectivity index is 1.84. The van der Waals surface area contributed by atoms with Crippen LogP contribution >= 0.6 is 0 Å². The number of aromatic hydroxyl groups is 1. The normalized spacial score (nSPS) is 11.0. The molecule has 124 valence electrons. The largest absolute Gasteiger partial charge is 0.508 e. The van der Waals surface area contributed by atoms with Gasteiger partial charge in [-0.25, -0.2) is 9.37 Å². The third-order valence-corrected chi connectivity index (χ3v) is 4.19. The molecule has 4 rings (SSSR count). The standard InChI is InChI=1S/C20H15FN2O2/c1-25-19-7-4-13(9-18(19)21)17-11-23-20-16(17)8-14(10-22-20)12-2-5-15(24)6-3-12/h2-11,24H,1H3,(H,22,23). The maximum absolute atomic E-state index is 14.0. The van der Waals surface area contributed by atoms with Gasteiger partial charge in [-0.1, -0.05) is 18.2 Å². The van der Waals surface area contributed by atoms with E-state index in [2.05, 4.69) is 9.97 Å². The number of nitrogens with zero attached hydrogens (tertiary/aromatic N) is 1. The van der Waals surface area contributed by atoms with Crippen molar-refractivity contribution in [1.29, 1.82) is 0 Å². The van der Waals surface area contributed by atoms with Gasteiger partial charge in [0, 0.05) is 28.9 Å². The van der Waals surface area contributed by atoms with Gasteiger partial charge < -0.3 is 14.8 Å². The van der Waals surface area contributed by atoms with Crippen molar-refractivity contribution in [3.8, 4) is 33.8 Å². The number of methoxy groups -OCH3 is 1. The molecule has 0 aliphatic rings. The molecule has 25 heavy (non-hydrogen) atoms. The average Bonchev–Trinajstić information content (AvgIpc) is 3.05. The second kappa shape index (κ2) is 5.94. The summed E-state index contributed by atoms with van der Waals surface area (Å²) in [6.07, 6.45) is 3.59. The summed E-state index contributed by atoms with van der Waals surface area (Å²) < 4.78 is 19.0. The van der Waals surface area contributed by atoms with Crippen molar-refractivity contribution < 1.29 is 14.2 Å². The first-order valence-electron chi connectivity index (χ1n) is 7.76. The van der Waals surface area contributed by atoms with Crippen molar-refractivity contribution in [2.24, 2.45) is 0 Å². The lowest BCUT2D eigenvalue weighted by Gasteiger charge is -2.06. The third kappa shape index (κ3) is 2.70. The molecule has 4 nitrogen and oxygen atoms in total. The molecule has 0 saturated carbocycles. The monoisotopic (exact) mass is 334 g/mol. The summed E-state index contributed by atoms with van der Waals surface area (Å²) in [5.41, 5.74) is 4.20. The molecule has 0 saturated heterocycles. The Bertz CT molecular complexity index is 1060. The van der Waals surface area contributed by atoms with E-state index >= 15 is 0 Å². The van der Waals surface area contributed by atoms with Crippen molar-refractivity contribution in [1.82, 2.24) is 9.97 Å². The highest BCUT2D eigenvalue weighted by molar-refractivity contribution is 5.95. The highest BCUT2D eigenvalue weighted by Crippen LogP contribution is 2.33. The lowest BCUT2D eigenvalue weighted by molar-refractivity contribution is 0.386. The van der Waals surface area contributed by atoms with Crippen molar-refractivity contribution in [3.05, 3.63) is 66.7 Å². The van der Waals surface area contributed by atoms with Gasteiger partial charge in [0.1, 0.15) is 11.4 Å². The summed E-state index contributed by atoms with van der Waals surface area (Å²) in [5.74, 6) is 0.0253. The van der Waals surface area contributed by atoms with Crippen molar-refractivity contribution in [2.45, 2.75) is 0 Å². The number of fused-ring (bicyclic) bond motifs is 1. The summed E-state index contributed by atoms with van der Waals surface area (Å²) in [6, 6.07) is 13.8. The fourth-order valence-corrected chi connectivity index (χ4v) is 2.89. The van der Waals surface area contributed by atoms with Crippen LogP contribution in [0, 0.1) is 5.82 Å². The number of phenols is 1. The highest BCUT2D eigenvalue weighted by Gasteiger charge is 2.11. The van der Waals surface area contributed by atoms with Gasteiger partial charge in [0.2, 0.25) is 0 Å². The molecule has 0 aliphatic carbocycles. The van der Waals surface area contributed by atoms with Gasteiger partial charge in [-0.3, -0.25) is 0 Å². The van der Waals surface area contributed by atoms with Gasteiger partial charge in [0.15, 0.2) is 11.6 Å². The van der Waals surface area contributed by atoms with E-state index < -0.39 is 5.82 Å². The number of hydrogen-bond donors (Lipinski definition) is 2. The van der Waals surface area contributed by atoms with Crippen molar-refractivity contribution >= 4 is 11.0 Å². The topological polar surface area (TPSA) is 58.1 Å². The first-order chi connectivity index (χ1) is 12.2. The summed E-state index contributed by atoms with van der Waals surface area (Å²) in [4.78, 5) is 7.56. The minimum absolute atomic E-state index is 0.214.